The summed E-state index contributed by atoms with van der Waals surface area (Å²) < 4.78 is 4.80. The van der Waals surface area contributed by atoms with Crippen molar-refractivity contribution in [2.24, 2.45) is 4.29 Å². The molecule has 0 rings (SSSR count). The standard InChI is InChI=1S/2ClH.H2N.Pt/h2*1H;1H2;/q;;-1;+3/p-2. The van der Waals surface area contributed by atoms with Gasteiger partial charge < -0.3 is 0 Å². The second kappa shape index (κ2) is 2.46. The Labute approximate surface area is 38.8 Å². The van der Waals surface area contributed by atoms with E-state index in [0.29, 0.717) is 0 Å². The zero-order chi connectivity index (χ0) is 3.58. The molecular formula is H2Cl2NPt. The molecule has 4 heavy (non-hydrogen) atoms. The van der Waals surface area contributed by atoms with Gasteiger partial charge in [-0.25, -0.2) is 0 Å². The predicted molar refractivity (Wildman–Crippen MR) is 15.9 cm³/mol. The summed E-state index contributed by atoms with van der Waals surface area (Å²) in [5.41, 5.74) is 0. The monoisotopic (exact) mass is 281 g/mol. The van der Waals surface area contributed by atoms with Crippen molar-refractivity contribution in [2.75, 3.05) is 0 Å². The summed E-state index contributed by atoms with van der Waals surface area (Å²) in [4.78, 5) is 0. The molecule has 0 unspecified atom stereocenters. The number of hydrogen-bond donors (Lipinski definition) is 1. The second-order valence-electron chi connectivity index (χ2n) is 0.183. The molecule has 0 saturated carbocycles. The van der Waals surface area contributed by atoms with E-state index in [1.54, 1.807) is 0 Å². The van der Waals surface area contributed by atoms with E-state index in [1.807, 2.05) is 0 Å². The third-order valence-electron chi connectivity index (χ3n) is 0. The molecule has 0 aliphatic rings. The molecule has 0 spiro atoms. The molecule has 0 aromatic heterocycles. The van der Waals surface area contributed by atoms with Gasteiger partial charge in [0, 0.05) is 0 Å². The van der Waals surface area contributed by atoms with Crippen LogP contribution in [0, 0.1) is 0 Å². The molecule has 0 saturated heterocycles. The Kier molecular flexibility index (Phi) is 3.22. The van der Waals surface area contributed by atoms with Gasteiger partial charge in [0.15, 0.2) is 0 Å². The summed E-state index contributed by atoms with van der Waals surface area (Å²) in [6.07, 6.45) is 0. The van der Waals surface area contributed by atoms with E-state index in [-0.39, 0.29) is 0 Å². The predicted octanol–water partition coefficient (Wildman–Crippen LogP) is 0.786. The Morgan fingerprint density at radius 2 is 1.50 bits per heavy atom. The van der Waals surface area contributed by atoms with Gasteiger partial charge in [0.1, 0.15) is 0 Å². The number of nitrogens with two attached hydrogens (primary N) is 1. The van der Waals surface area contributed by atoms with E-state index in [4.69, 9.17) is 23.1 Å². The Hall–Kier alpha value is 1.23. The Balaban J connectivity index is 2.32. The van der Waals surface area contributed by atoms with Gasteiger partial charge in [-0.15, -0.1) is 0 Å². The van der Waals surface area contributed by atoms with Crippen LogP contribution in [0.1, 0.15) is 0 Å². The van der Waals surface area contributed by atoms with Crippen molar-refractivity contribution in [1.29, 1.82) is 0 Å². The maximum atomic E-state index is 4.98. The summed E-state index contributed by atoms with van der Waals surface area (Å²) in [5.74, 6) is 0. The molecule has 4 heteroatoms. The van der Waals surface area contributed by atoms with Crippen LogP contribution in [0.4, 0.5) is 0 Å². The number of rotatable bonds is 0. The second-order valence-corrected chi connectivity index (χ2v) is 6.72. The van der Waals surface area contributed by atoms with Crippen molar-refractivity contribution >= 4 is 18.8 Å². The molecule has 0 aromatic rings. The van der Waals surface area contributed by atoms with Crippen LogP contribution >= 0.6 is 18.8 Å². The van der Waals surface area contributed by atoms with Gasteiger partial charge >= 0.3 is 38.6 Å². The van der Waals surface area contributed by atoms with Gasteiger partial charge in [0.25, 0.3) is 0 Å². The minimum atomic E-state index is -1.82. The van der Waals surface area contributed by atoms with Crippen LogP contribution in [-0.2, 0) is 15.5 Å². The van der Waals surface area contributed by atoms with Crippen LogP contribution in [0.3, 0.4) is 0 Å². The number of halogens is 2. The van der Waals surface area contributed by atoms with Crippen molar-refractivity contribution < 1.29 is 15.5 Å². The van der Waals surface area contributed by atoms with Crippen LogP contribution in [-0.4, -0.2) is 0 Å². The zero-order valence-corrected chi connectivity index (χ0v) is 5.43. The molecule has 0 fully saturated rings. The SMILES string of the molecule is [NH2][Pt]([Cl])[Cl]. The quantitative estimate of drug-likeness (QED) is 0.698. The van der Waals surface area contributed by atoms with E-state index in [9.17, 15) is 0 Å². The molecule has 0 heterocycles. The molecule has 0 atom stereocenters. The molecule has 0 aliphatic heterocycles. The normalized spacial score (nSPS) is 11.2. The summed E-state index contributed by atoms with van der Waals surface area (Å²) in [6, 6.07) is 0. The molecule has 0 amide bonds. The maximum absolute atomic E-state index is 4.98. The molecule has 0 radical (unpaired) electrons. The van der Waals surface area contributed by atoms with Crippen molar-refractivity contribution in [3.63, 3.8) is 0 Å². The van der Waals surface area contributed by atoms with Crippen LogP contribution in [0.25, 0.3) is 0 Å². The first-order valence-electron chi connectivity index (χ1n) is 0.422. The first-order valence-corrected chi connectivity index (χ1v) is 7.36. The molecule has 0 aromatic carbocycles. The summed E-state index contributed by atoms with van der Waals surface area (Å²) in [5, 5.41) is 0. The fourth-order valence-electron chi connectivity index (χ4n) is 0. The Morgan fingerprint density at radius 1 is 1.50 bits per heavy atom. The zero-order valence-electron chi connectivity index (χ0n) is 1.65. The van der Waals surface area contributed by atoms with Crippen molar-refractivity contribution in [3.8, 4) is 0 Å². The Bertz CT molecular complexity index is 10.8. The number of hydrogen-bond acceptors (Lipinski definition) is 1. The fourth-order valence-corrected chi connectivity index (χ4v) is 0. The Morgan fingerprint density at radius 3 is 1.50 bits per heavy atom. The summed E-state index contributed by atoms with van der Waals surface area (Å²) in [7, 11) is 9.95. The first-order chi connectivity index (χ1) is 1.73. The topological polar surface area (TPSA) is 26.0 Å². The molecule has 0 aliphatic carbocycles. The van der Waals surface area contributed by atoms with Gasteiger partial charge in [0.2, 0.25) is 0 Å². The van der Waals surface area contributed by atoms with E-state index in [2.05, 4.69) is 0 Å². The van der Waals surface area contributed by atoms with Crippen LogP contribution in [0.15, 0.2) is 0 Å². The average Bonchev–Trinajstić information content (AvgIpc) is 0.811. The third-order valence-corrected chi connectivity index (χ3v) is 0. The first kappa shape index (κ1) is 5.23. The van der Waals surface area contributed by atoms with Crippen molar-refractivity contribution in [1.82, 2.24) is 0 Å². The molecule has 0 bridgehead atoms. The van der Waals surface area contributed by atoms with Gasteiger partial charge in [-0.2, -0.15) is 0 Å². The van der Waals surface area contributed by atoms with Gasteiger partial charge in [-0.05, 0) is 0 Å². The van der Waals surface area contributed by atoms with Gasteiger partial charge in [-0.3, -0.25) is 0 Å². The van der Waals surface area contributed by atoms with E-state index < -0.39 is 15.5 Å². The van der Waals surface area contributed by atoms with Crippen LogP contribution < -0.4 is 4.29 Å². The minimum absolute atomic E-state index is 1.82. The van der Waals surface area contributed by atoms with Crippen molar-refractivity contribution in [3.05, 3.63) is 0 Å². The van der Waals surface area contributed by atoms with Gasteiger partial charge in [0.05, 0.1) is 0 Å². The van der Waals surface area contributed by atoms with Crippen molar-refractivity contribution in [2.45, 2.75) is 0 Å². The summed E-state index contributed by atoms with van der Waals surface area (Å²) >= 11 is -1.82. The van der Waals surface area contributed by atoms with E-state index in [0.717, 1.165) is 0 Å². The average molecular weight is 282 g/mol. The summed E-state index contributed by atoms with van der Waals surface area (Å²) in [6.45, 7) is 0. The molecule has 31 valence electrons. The fraction of sp³-hybridized carbons (Fsp3) is 0. The van der Waals surface area contributed by atoms with Crippen LogP contribution in [0.5, 0.6) is 0 Å². The van der Waals surface area contributed by atoms with Crippen LogP contribution in [0.2, 0.25) is 0 Å². The molecule has 1 nitrogen and oxygen atoms in total. The van der Waals surface area contributed by atoms with E-state index >= 15 is 0 Å². The van der Waals surface area contributed by atoms with E-state index in [1.165, 1.54) is 0 Å². The van der Waals surface area contributed by atoms with Gasteiger partial charge in [-0.1, -0.05) is 0 Å². The molecular weight excluding hydrogens is 280 g/mol. The molecule has 2 N–H and O–H groups in total. The third kappa shape index (κ3) is 10.6.